The van der Waals surface area contributed by atoms with Gasteiger partial charge in [-0.1, -0.05) is 6.07 Å². The normalized spacial score (nSPS) is 24.1. The van der Waals surface area contributed by atoms with Gasteiger partial charge in [-0.25, -0.2) is 4.39 Å². The number of piperidine rings is 1. The lowest BCUT2D eigenvalue weighted by molar-refractivity contribution is 0.101. The first-order valence-electron chi connectivity index (χ1n) is 6.60. The molecule has 1 aliphatic heterocycles. The zero-order valence-corrected chi connectivity index (χ0v) is 11.2. The van der Waals surface area contributed by atoms with Crippen molar-refractivity contribution >= 4 is 11.5 Å². The number of ketones is 1. The van der Waals surface area contributed by atoms with Gasteiger partial charge in [0.25, 0.3) is 0 Å². The monoisotopic (exact) mass is 249 g/mol. The maximum atomic E-state index is 13.9. The van der Waals surface area contributed by atoms with Crippen LogP contribution in [-0.2, 0) is 0 Å². The lowest BCUT2D eigenvalue weighted by Gasteiger charge is -2.41. The highest BCUT2D eigenvalue weighted by molar-refractivity contribution is 6.00. The summed E-state index contributed by atoms with van der Waals surface area (Å²) < 4.78 is 13.9. The number of carbonyl (C=O) groups is 1. The molecule has 1 aromatic carbocycles. The highest BCUT2D eigenvalue weighted by atomic mass is 19.1. The third-order valence-corrected chi connectivity index (χ3v) is 3.82. The predicted molar refractivity (Wildman–Crippen MR) is 71.7 cm³/mol. The second-order valence-electron chi connectivity index (χ2n) is 5.23. The molecular weight excluding hydrogens is 229 g/mol. The molecule has 2 unspecified atom stereocenters. The van der Waals surface area contributed by atoms with Crippen LogP contribution in [0.25, 0.3) is 0 Å². The van der Waals surface area contributed by atoms with Crippen molar-refractivity contribution in [1.29, 1.82) is 0 Å². The van der Waals surface area contributed by atoms with Gasteiger partial charge in [-0.15, -0.1) is 0 Å². The molecule has 1 aromatic rings. The van der Waals surface area contributed by atoms with Crippen molar-refractivity contribution in [2.45, 2.75) is 52.1 Å². The van der Waals surface area contributed by atoms with Crippen LogP contribution in [0, 0.1) is 5.82 Å². The van der Waals surface area contributed by atoms with Crippen LogP contribution in [0.4, 0.5) is 10.1 Å². The minimum atomic E-state index is -0.412. The number of hydrogen-bond donors (Lipinski definition) is 0. The first-order valence-corrected chi connectivity index (χ1v) is 6.60. The molecule has 1 heterocycles. The Balaban J connectivity index is 2.49. The summed E-state index contributed by atoms with van der Waals surface area (Å²) in [6.07, 6.45) is 3.39. The molecule has 18 heavy (non-hydrogen) atoms. The second kappa shape index (κ2) is 5.09. The third-order valence-electron chi connectivity index (χ3n) is 3.82. The van der Waals surface area contributed by atoms with Gasteiger partial charge in [-0.2, -0.15) is 0 Å². The summed E-state index contributed by atoms with van der Waals surface area (Å²) in [7, 11) is 0. The maximum absolute atomic E-state index is 13.9. The zero-order chi connectivity index (χ0) is 13.3. The zero-order valence-electron chi connectivity index (χ0n) is 11.2. The quantitative estimate of drug-likeness (QED) is 0.743. The van der Waals surface area contributed by atoms with Gasteiger partial charge in [0.1, 0.15) is 5.82 Å². The number of nitrogens with zero attached hydrogens (tertiary/aromatic N) is 1. The fourth-order valence-electron chi connectivity index (χ4n) is 2.97. The largest absolute Gasteiger partial charge is 0.365 e. The summed E-state index contributed by atoms with van der Waals surface area (Å²) in [6.45, 7) is 5.72. The van der Waals surface area contributed by atoms with Gasteiger partial charge < -0.3 is 4.90 Å². The molecule has 0 N–H and O–H groups in total. The Morgan fingerprint density at radius 2 is 1.89 bits per heavy atom. The Morgan fingerprint density at radius 1 is 1.28 bits per heavy atom. The van der Waals surface area contributed by atoms with Crippen molar-refractivity contribution < 1.29 is 9.18 Å². The number of benzene rings is 1. The SMILES string of the molecule is CC(=O)c1c(F)cccc1N1C(C)CCCC1C. The lowest BCUT2D eigenvalue weighted by Crippen LogP contribution is -2.44. The van der Waals surface area contributed by atoms with Crippen LogP contribution in [0.2, 0.25) is 0 Å². The van der Waals surface area contributed by atoms with Gasteiger partial charge in [-0.3, -0.25) is 4.79 Å². The number of carbonyl (C=O) groups excluding carboxylic acids is 1. The van der Waals surface area contributed by atoms with Gasteiger partial charge in [-0.05, 0) is 52.2 Å². The van der Waals surface area contributed by atoms with Gasteiger partial charge in [0.15, 0.2) is 5.78 Å². The molecule has 0 aliphatic carbocycles. The van der Waals surface area contributed by atoms with Gasteiger partial charge in [0.05, 0.1) is 11.3 Å². The average Bonchev–Trinajstić information content (AvgIpc) is 2.28. The number of rotatable bonds is 2. The van der Waals surface area contributed by atoms with Crippen molar-refractivity contribution in [2.24, 2.45) is 0 Å². The Kier molecular flexibility index (Phi) is 3.69. The summed E-state index contributed by atoms with van der Waals surface area (Å²) in [4.78, 5) is 13.9. The van der Waals surface area contributed by atoms with E-state index in [1.807, 2.05) is 6.07 Å². The molecule has 0 radical (unpaired) electrons. The van der Waals surface area contributed by atoms with E-state index in [2.05, 4.69) is 18.7 Å². The molecule has 1 aliphatic rings. The summed E-state index contributed by atoms with van der Waals surface area (Å²) in [5, 5.41) is 0. The van der Waals surface area contributed by atoms with E-state index in [4.69, 9.17) is 0 Å². The Hall–Kier alpha value is -1.38. The van der Waals surface area contributed by atoms with Crippen molar-refractivity contribution in [3.8, 4) is 0 Å². The molecule has 1 saturated heterocycles. The van der Waals surface area contributed by atoms with Crippen molar-refractivity contribution in [3.63, 3.8) is 0 Å². The molecule has 0 saturated carbocycles. The van der Waals surface area contributed by atoms with Crippen LogP contribution in [0.5, 0.6) is 0 Å². The second-order valence-corrected chi connectivity index (χ2v) is 5.23. The lowest BCUT2D eigenvalue weighted by atomic mass is 9.95. The van der Waals surface area contributed by atoms with Crippen LogP contribution in [0.15, 0.2) is 18.2 Å². The standard InChI is InChI=1S/C15H20FNO/c1-10-6-4-7-11(2)17(10)14-9-5-8-13(16)15(14)12(3)18/h5,8-11H,4,6-7H2,1-3H3. The molecule has 98 valence electrons. The van der Waals surface area contributed by atoms with Crippen LogP contribution < -0.4 is 4.90 Å². The Morgan fingerprint density at radius 3 is 2.44 bits per heavy atom. The number of hydrogen-bond acceptors (Lipinski definition) is 2. The van der Waals surface area contributed by atoms with E-state index in [1.165, 1.54) is 19.4 Å². The van der Waals surface area contributed by atoms with E-state index in [1.54, 1.807) is 6.07 Å². The van der Waals surface area contributed by atoms with Crippen LogP contribution in [-0.4, -0.2) is 17.9 Å². The highest BCUT2D eigenvalue weighted by Gasteiger charge is 2.28. The van der Waals surface area contributed by atoms with E-state index < -0.39 is 5.82 Å². The van der Waals surface area contributed by atoms with E-state index in [0.717, 1.165) is 18.5 Å². The number of Topliss-reactive ketones (excluding diaryl/α,β-unsaturated/α-hetero) is 1. The van der Waals surface area contributed by atoms with E-state index >= 15 is 0 Å². The minimum Gasteiger partial charge on any atom is -0.365 e. The molecule has 1 fully saturated rings. The maximum Gasteiger partial charge on any atom is 0.164 e. The van der Waals surface area contributed by atoms with E-state index in [9.17, 15) is 9.18 Å². The molecule has 0 spiro atoms. The average molecular weight is 249 g/mol. The number of anilines is 1. The molecule has 2 atom stereocenters. The summed E-state index contributed by atoms with van der Waals surface area (Å²) in [5.74, 6) is -0.613. The topological polar surface area (TPSA) is 20.3 Å². The van der Waals surface area contributed by atoms with Crippen molar-refractivity contribution in [2.75, 3.05) is 4.90 Å². The van der Waals surface area contributed by atoms with Crippen LogP contribution in [0.1, 0.15) is 50.4 Å². The first-order chi connectivity index (χ1) is 8.52. The highest BCUT2D eigenvalue weighted by Crippen LogP contribution is 2.32. The molecule has 0 aromatic heterocycles. The summed E-state index contributed by atoms with van der Waals surface area (Å²) in [5.41, 5.74) is 0.986. The van der Waals surface area contributed by atoms with Gasteiger partial charge in [0.2, 0.25) is 0 Å². The molecule has 3 heteroatoms. The Labute approximate surface area is 108 Å². The fraction of sp³-hybridized carbons (Fsp3) is 0.533. The Bertz CT molecular complexity index is 448. The first kappa shape index (κ1) is 13.1. The van der Waals surface area contributed by atoms with Crippen LogP contribution >= 0.6 is 0 Å². The molecule has 0 amide bonds. The molecular formula is C15H20FNO. The number of halogens is 1. The van der Waals surface area contributed by atoms with Crippen molar-refractivity contribution in [3.05, 3.63) is 29.6 Å². The van der Waals surface area contributed by atoms with Crippen molar-refractivity contribution in [1.82, 2.24) is 0 Å². The minimum absolute atomic E-state index is 0.201. The summed E-state index contributed by atoms with van der Waals surface area (Å²) in [6, 6.07) is 5.62. The van der Waals surface area contributed by atoms with E-state index in [-0.39, 0.29) is 11.3 Å². The molecule has 2 nitrogen and oxygen atoms in total. The van der Waals surface area contributed by atoms with E-state index in [0.29, 0.717) is 12.1 Å². The van der Waals surface area contributed by atoms with Crippen LogP contribution in [0.3, 0.4) is 0 Å². The summed E-state index contributed by atoms with van der Waals surface area (Å²) >= 11 is 0. The third kappa shape index (κ3) is 2.26. The van der Waals surface area contributed by atoms with Gasteiger partial charge in [0, 0.05) is 12.1 Å². The fourth-order valence-corrected chi connectivity index (χ4v) is 2.97. The molecule has 2 rings (SSSR count). The predicted octanol–water partition coefficient (Wildman–Crippen LogP) is 3.80. The molecule has 0 bridgehead atoms. The van der Waals surface area contributed by atoms with Gasteiger partial charge >= 0.3 is 0 Å². The smallest absolute Gasteiger partial charge is 0.164 e.